The van der Waals surface area contributed by atoms with Crippen LogP contribution in [-0.2, 0) is 4.79 Å². The first kappa shape index (κ1) is 15.8. The van der Waals surface area contributed by atoms with E-state index >= 15 is 0 Å². The Bertz CT molecular complexity index is 311. The van der Waals surface area contributed by atoms with Crippen LogP contribution >= 0.6 is 0 Å². The van der Waals surface area contributed by atoms with Crippen molar-refractivity contribution in [3.63, 3.8) is 0 Å². The van der Waals surface area contributed by atoms with E-state index in [0.29, 0.717) is 11.8 Å². The number of carbonyl (C=O) groups excluding carboxylic acids is 1. The van der Waals surface area contributed by atoms with Crippen molar-refractivity contribution in [3.8, 4) is 0 Å². The fourth-order valence-electron chi connectivity index (χ4n) is 3.53. The highest BCUT2D eigenvalue weighted by Crippen LogP contribution is 2.22. The van der Waals surface area contributed by atoms with Gasteiger partial charge in [0.05, 0.1) is 6.04 Å². The van der Waals surface area contributed by atoms with Crippen molar-refractivity contribution in [2.24, 2.45) is 11.7 Å². The second-order valence-corrected chi connectivity index (χ2v) is 6.67. The Morgan fingerprint density at radius 3 is 2.30 bits per heavy atom. The van der Waals surface area contributed by atoms with E-state index in [1.807, 2.05) is 0 Å². The largest absolute Gasteiger partial charge is 0.341 e. The van der Waals surface area contributed by atoms with Crippen molar-refractivity contribution in [2.45, 2.75) is 64.5 Å². The highest BCUT2D eigenvalue weighted by molar-refractivity contribution is 5.81. The summed E-state index contributed by atoms with van der Waals surface area (Å²) in [5, 5.41) is 0. The lowest BCUT2D eigenvalue weighted by molar-refractivity contribution is -0.137. The van der Waals surface area contributed by atoms with Crippen LogP contribution in [0.4, 0.5) is 0 Å². The lowest BCUT2D eigenvalue weighted by atomic mass is 9.91. The smallest absolute Gasteiger partial charge is 0.239 e. The van der Waals surface area contributed by atoms with Crippen LogP contribution in [0, 0.1) is 5.92 Å². The van der Waals surface area contributed by atoms with Gasteiger partial charge in [0.25, 0.3) is 0 Å². The van der Waals surface area contributed by atoms with Gasteiger partial charge in [-0.3, -0.25) is 9.69 Å². The van der Waals surface area contributed by atoms with Gasteiger partial charge in [0.2, 0.25) is 5.91 Å². The fraction of sp³-hybridized carbons (Fsp3) is 0.938. The Morgan fingerprint density at radius 2 is 1.70 bits per heavy atom. The Hall–Kier alpha value is -0.610. The van der Waals surface area contributed by atoms with Crippen molar-refractivity contribution in [1.29, 1.82) is 0 Å². The van der Waals surface area contributed by atoms with Gasteiger partial charge in [-0.25, -0.2) is 0 Å². The van der Waals surface area contributed by atoms with Gasteiger partial charge in [-0.15, -0.1) is 0 Å². The first-order valence-electron chi connectivity index (χ1n) is 8.38. The number of piperidine rings is 1. The lowest BCUT2D eigenvalue weighted by Gasteiger charge is -2.39. The molecule has 0 aromatic carbocycles. The molecule has 2 saturated heterocycles. The average molecular weight is 281 g/mol. The summed E-state index contributed by atoms with van der Waals surface area (Å²) >= 11 is 0. The van der Waals surface area contributed by atoms with Gasteiger partial charge in [-0.1, -0.05) is 12.8 Å². The van der Waals surface area contributed by atoms with E-state index in [2.05, 4.69) is 23.6 Å². The second-order valence-electron chi connectivity index (χ2n) is 6.67. The van der Waals surface area contributed by atoms with E-state index < -0.39 is 0 Å². The summed E-state index contributed by atoms with van der Waals surface area (Å²) in [5.74, 6) is 0.875. The SMILES string of the molecule is CC(N)C1CCCN(C(C)C(=O)N2CCCCCC2)C1. The number of amides is 1. The van der Waals surface area contributed by atoms with Crippen molar-refractivity contribution >= 4 is 5.91 Å². The number of nitrogens with zero attached hydrogens (tertiary/aromatic N) is 2. The van der Waals surface area contributed by atoms with E-state index in [-0.39, 0.29) is 12.1 Å². The molecule has 0 saturated carbocycles. The normalized spacial score (nSPS) is 28.8. The molecule has 2 aliphatic rings. The summed E-state index contributed by atoms with van der Waals surface area (Å²) in [6.07, 6.45) is 7.26. The molecule has 4 heteroatoms. The predicted molar refractivity (Wildman–Crippen MR) is 82.5 cm³/mol. The Kier molecular flexibility index (Phi) is 5.85. The van der Waals surface area contributed by atoms with E-state index in [4.69, 9.17) is 5.73 Å². The van der Waals surface area contributed by atoms with Crippen LogP contribution in [0.3, 0.4) is 0 Å². The molecule has 116 valence electrons. The monoisotopic (exact) mass is 281 g/mol. The third-order valence-electron chi connectivity index (χ3n) is 5.06. The molecule has 0 aliphatic carbocycles. The van der Waals surface area contributed by atoms with Gasteiger partial charge >= 0.3 is 0 Å². The van der Waals surface area contributed by atoms with E-state index in [9.17, 15) is 4.79 Å². The van der Waals surface area contributed by atoms with Crippen molar-refractivity contribution in [2.75, 3.05) is 26.2 Å². The summed E-state index contributed by atoms with van der Waals surface area (Å²) in [5.41, 5.74) is 6.05. The van der Waals surface area contributed by atoms with Crippen LogP contribution < -0.4 is 5.73 Å². The number of nitrogens with two attached hydrogens (primary N) is 1. The highest BCUT2D eigenvalue weighted by Gasteiger charge is 2.31. The van der Waals surface area contributed by atoms with Crippen LogP contribution in [0.15, 0.2) is 0 Å². The molecule has 0 spiro atoms. The third-order valence-corrected chi connectivity index (χ3v) is 5.06. The predicted octanol–water partition coefficient (Wildman–Crippen LogP) is 1.84. The number of hydrogen-bond acceptors (Lipinski definition) is 3. The molecular weight excluding hydrogens is 250 g/mol. The first-order chi connectivity index (χ1) is 9.59. The maximum absolute atomic E-state index is 12.7. The molecule has 0 aromatic heterocycles. The number of likely N-dealkylation sites (tertiary alicyclic amines) is 2. The molecule has 3 atom stereocenters. The molecule has 2 N–H and O–H groups in total. The summed E-state index contributed by atoms with van der Waals surface area (Å²) in [4.78, 5) is 17.1. The first-order valence-corrected chi connectivity index (χ1v) is 8.38. The average Bonchev–Trinajstić information content (AvgIpc) is 2.75. The molecule has 2 heterocycles. The zero-order valence-corrected chi connectivity index (χ0v) is 13.2. The lowest BCUT2D eigenvalue weighted by Crippen LogP contribution is -2.52. The van der Waals surface area contributed by atoms with Gasteiger partial charge in [-0.05, 0) is 52.0 Å². The Labute approximate surface area is 123 Å². The molecule has 0 radical (unpaired) electrons. The summed E-state index contributed by atoms with van der Waals surface area (Å²) in [6.45, 7) is 8.11. The fourth-order valence-corrected chi connectivity index (χ4v) is 3.53. The molecule has 3 unspecified atom stereocenters. The molecular formula is C16H31N3O. The van der Waals surface area contributed by atoms with Crippen LogP contribution in [0.2, 0.25) is 0 Å². The van der Waals surface area contributed by atoms with Gasteiger partial charge in [0, 0.05) is 25.7 Å². The second kappa shape index (κ2) is 7.41. The number of hydrogen-bond donors (Lipinski definition) is 1. The molecule has 2 rings (SSSR count). The molecule has 0 aromatic rings. The molecule has 4 nitrogen and oxygen atoms in total. The van der Waals surface area contributed by atoms with Crippen LogP contribution in [0.5, 0.6) is 0 Å². The minimum absolute atomic E-state index is 0.0228. The van der Waals surface area contributed by atoms with Crippen LogP contribution in [0.25, 0.3) is 0 Å². The summed E-state index contributed by atoms with van der Waals surface area (Å²) < 4.78 is 0. The highest BCUT2D eigenvalue weighted by atomic mass is 16.2. The summed E-state index contributed by atoms with van der Waals surface area (Å²) in [7, 11) is 0. The number of rotatable bonds is 3. The topological polar surface area (TPSA) is 49.6 Å². The van der Waals surface area contributed by atoms with Gasteiger partial charge < -0.3 is 10.6 Å². The zero-order chi connectivity index (χ0) is 14.5. The van der Waals surface area contributed by atoms with Crippen LogP contribution in [0.1, 0.15) is 52.4 Å². The Morgan fingerprint density at radius 1 is 1.05 bits per heavy atom. The van der Waals surface area contributed by atoms with E-state index in [1.54, 1.807) is 0 Å². The quantitative estimate of drug-likeness (QED) is 0.858. The van der Waals surface area contributed by atoms with Crippen molar-refractivity contribution in [3.05, 3.63) is 0 Å². The molecule has 2 fully saturated rings. The molecule has 2 aliphatic heterocycles. The zero-order valence-electron chi connectivity index (χ0n) is 13.2. The van der Waals surface area contributed by atoms with E-state index in [0.717, 1.165) is 26.2 Å². The third kappa shape index (κ3) is 3.95. The molecule has 0 bridgehead atoms. The standard InChI is InChI=1S/C16H31N3O/c1-13(17)15-8-7-11-19(12-15)14(2)16(20)18-9-5-3-4-6-10-18/h13-15H,3-12,17H2,1-2H3. The maximum Gasteiger partial charge on any atom is 0.239 e. The molecule has 20 heavy (non-hydrogen) atoms. The van der Waals surface area contributed by atoms with Crippen LogP contribution in [-0.4, -0.2) is 54.0 Å². The van der Waals surface area contributed by atoms with Gasteiger partial charge in [-0.2, -0.15) is 0 Å². The van der Waals surface area contributed by atoms with Gasteiger partial charge in [0.1, 0.15) is 0 Å². The van der Waals surface area contributed by atoms with Crippen molar-refractivity contribution < 1.29 is 4.79 Å². The Balaban J connectivity index is 1.91. The molecule has 1 amide bonds. The maximum atomic E-state index is 12.7. The minimum atomic E-state index is 0.0228. The van der Waals surface area contributed by atoms with Gasteiger partial charge in [0.15, 0.2) is 0 Å². The number of carbonyl (C=O) groups is 1. The summed E-state index contributed by atoms with van der Waals surface area (Å²) in [6, 6.07) is 0.257. The van der Waals surface area contributed by atoms with E-state index in [1.165, 1.54) is 38.5 Å². The minimum Gasteiger partial charge on any atom is -0.341 e. The van der Waals surface area contributed by atoms with Crippen molar-refractivity contribution in [1.82, 2.24) is 9.80 Å².